The van der Waals surface area contributed by atoms with Gasteiger partial charge in [-0.1, -0.05) is 44.2 Å². The van der Waals surface area contributed by atoms with E-state index in [1.54, 1.807) is 7.11 Å². The van der Waals surface area contributed by atoms with Crippen molar-refractivity contribution in [2.45, 2.75) is 25.7 Å². The van der Waals surface area contributed by atoms with Crippen LogP contribution in [0.4, 0.5) is 0 Å². The van der Waals surface area contributed by atoms with Crippen molar-refractivity contribution in [1.29, 1.82) is 0 Å². The number of carbonyl (C=O) groups is 2. The summed E-state index contributed by atoms with van der Waals surface area (Å²) in [7, 11) is 1.71. The van der Waals surface area contributed by atoms with Crippen molar-refractivity contribution in [3.8, 4) is 5.75 Å². The predicted octanol–water partition coefficient (Wildman–Crippen LogP) is 4.59. The minimum absolute atomic E-state index is 0.190. The Kier molecular flexibility index (Phi) is 5.75. The van der Waals surface area contributed by atoms with E-state index in [0.29, 0.717) is 11.8 Å². The first-order chi connectivity index (χ1) is 11.9. The number of rotatable bonds is 3. The molecule has 0 aromatic heterocycles. The van der Waals surface area contributed by atoms with Gasteiger partial charge >= 0.3 is 5.97 Å². The van der Waals surface area contributed by atoms with E-state index in [0.717, 1.165) is 12.2 Å². The van der Waals surface area contributed by atoms with Crippen LogP contribution in [0.25, 0.3) is 6.08 Å². The highest BCUT2D eigenvalue weighted by Gasteiger charge is 2.24. The Labute approximate surface area is 147 Å². The molecule has 2 aromatic rings. The number of hydrogen-bond donors (Lipinski definition) is 1. The topological polar surface area (TPSA) is 63.6 Å². The smallest absolute Gasteiger partial charge is 0.335 e. The van der Waals surface area contributed by atoms with Gasteiger partial charge < -0.3 is 9.84 Å². The minimum Gasteiger partial charge on any atom is -0.497 e. The van der Waals surface area contributed by atoms with E-state index in [1.807, 2.05) is 6.07 Å². The Morgan fingerprint density at radius 2 is 1.84 bits per heavy atom. The Morgan fingerprint density at radius 3 is 2.40 bits per heavy atom. The molecule has 0 heterocycles. The fraction of sp³-hybridized carbons (Fsp3) is 0.238. The lowest BCUT2D eigenvalue weighted by Crippen LogP contribution is -2.19. The first-order valence-electron chi connectivity index (χ1n) is 8.01. The van der Waals surface area contributed by atoms with E-state index >= 15 is 0 Å². The van der Waals surface area contributed by atoms with Crippen LogP contribution < -0.4 is 4.74 Å². The average molecular weight is 338 g/mol. The molecule has 0 fully saturated rings. The molecule has 0 saturated heterocycles. The van der Waals surface area contributed by atoms with Crippen LogP contribution in [0, 0.1) is 0 Å². The molecular formula is C21H22O4. The molecule has 1 N–H and O–H groups in total. The summed E-state index contributed by atoms with van der Waals surface area (Å²) in [4.78, 5) is 20.5. The van der Waals surface area contributed by atoms with Gasteiger partial charge in [-0.2, -0.15) is 0 Å². The van der Waals surface area contributed by atoms with Gasteiger partial charge in [0.05, 0.1) is 12.7 Å². The number of benzene rings is 2. The fourth-order valence-corrected chi connectivity index (χ4v) is 2.72. The van der Waals surface area contributed by atoms with Gasteiger partial charge in [-0.3, -0.25) is 4.79 Å². The molecule has 0 atom stereocenters. The van der Waals surface area contributed by atoms with Crippen molar-refractivity contribution in [1.82, 2.24) is 0 Å². The molecule has 130 valence electrons. The molecule has 0 radical (unpaired) electrons. The van der Waals surface area contributed by atoms with Crippen LogP contribution in [-0.2, 0) is 5.41 Å². The summed E-state index contributed by atoms with van der Waals surface area (Å²) in [5, 5.41) is 8.46. The second-order valence-corrected chi connectivity index (χ2v) is 6.49. The standard InChI is InChI=1S/C13H16O.C8H6O3/c1-13(2)8-4-5-10-9-11(14-3)6-7-12(10)13;9-5-6-1-3-7(4-2-6)8(10)11/h4-7,9H,8H2,1-3H3;1-5H,(H,10,11). The molecule has 0 spiro atoms. The maximum absolute atomic E-state index is 10.3. The number of aromatic carboxylic acids is 1. The zero-order chi connectivity index (χ0) is 18.4. The zero-order valence-electron chi connectivity index (χ0n) is 14.7. The lowest BCUT2D eigenvalue weighted by Gasteiger charge is -2.29. The van der Waals surface area contributed by atoms with Crippen molar-refractivity contribution < 1.29 is 19.4 Å². The number of allylic oxidation sites excluding steroid dienone is 1. The Hall–Kier alpha value is -2.88. The van der Waals surface area contributed by atoms with Gasteiger partial charge in [-0.25, -0.2) is 4.79 Å². The SMILES string of the molecule is COc1ccc2c(c1)C=CCC2(C)C.O=Cc1ccc(C(=O)O)cc1. The van der Waals surface area contributed by atoms with E-state index in [1.165, 1.54) is 35.4 Å². The van der Waals surface area contributed by atoms with Crippen LogP contribution in [0.3, 0.4) is 0 Å². The Balaban J connectivity index is 0.000000186. The molecule has 0 saturated carbocycles. The summed E-state index contributed by atoms with van der Waals surface area (Å²) in [6.45, 7) is 4.56. The first-order valence-corrected chi connectivity index (χ1v) is 8.01. The Morgan fingerprint density at radius 1 is 1.16 bits per heavy atom. The van der Waals surface area contributed by atoms with Gasteiger partial charge in [0.1, 0.15) is 12.0 Å². The van der Waals surface area contributed by atoms with E-state index in [-0.39, 0.29) is 11.0 Å². The lowest BCUT2D eigenvalue weighted by atomic mass is 9.76. The van der Waals surface area contributed by atoms with Gasteiger partial charge in [0.25, 0.3) is 0 Å². The molecule has 0 amide bonds. The van der Waals surface area contributed by atoms with E-state index < -0.39 is 5.97 Å². The number of aldehydes is 1. The third-order valence-electron chi connectivity index (χ3n) is 4.21. The number of carboxylic acid groups (broad SMARTS) is 1. The summed E-state index contributed by atoms with van der Waals surface area (Å²) in [6.07, 6.45) is 6.21. The van der Waals surface area contributed by atoms with Crippen molar-refractivity contribution >= 4 is 18.3 Å². The highest BCUT2D eigenvalue weighted by Crippen LogP contribution is 2.36. The number of ether oxygens (including phenoxy) is 1. The first kappa shape index (κ1) is 18.5. The molecule has 1 aliphatic carbocycles. The second kappa shape index (κ2) is 7.79. The van der Waals surface area contributed by atoms with Gasteiger partial charge in [0.2, 0.25) is 0 Å². The largest absolute Gasteiger partial charge is 0.497 e. The number of carboxylic acids is 1. The number of carbonyl (C=O) groups excluding carboxylic acids is 1. The van der Waals surface area contributed by atoms with Gasteiger partial charge in [0.15, 0.2) is 0 Å². The summed E-state index contributed by atoms with van der Waals surface area (Å²) in [6, 6.07) is 12.1. The minimum atomic E-state index is -0.984. The molecule has 0 bridgehead atoms. The van der Waals surface area contributed by atoms with Gasteiger partial charge in [-0.15, -0.1) is 0 Å². The second-order valence-electron chi connectivity index (χ2n) is 6.49. The number of hydrogen-bond acceptors (Lipinski definition) is 3. The molecule has 2 aromatic carbocycles. The zero-order valence-corrected chi connectivity index (χ0v) is 14.7. The van der Waals surface area contributed by atoms with Crippen molar-refractivity contribution in [3.05, 3.63) is 70.8 Å². The molecule has 25 heavy (non-hydrogen) atoms. The maximum atomic E-state index is 10.3. The number of methoxy groups -OCH3 is 1. The quantitative estimate of drug-likeness (QED) is 0.832. The molecular weight excluding hydrogens is 316 g/mol. The molecule has 0 aliphatic heterocycles. The van der Waals surface area contributed by atoms with E-state index in [9.17, 15) is 9.59 Å². The van der Waals surface area contributed by atoms with Crippen LogP contribution in [0.1, 0.15) is 52.1 Å². The molecule has 4 nitrogen and oxygen atoms in total. The van der Waals surface area contributed by atoms with E-state index in [2.05, 4.69) is 38.1 Å². The third-order valence-corrected chi connectivity index (χ3v) is 4.21. The highest BCUT2D eigenvalue weighted by atomic mass is 16.5. The van der Waals surface area contributed by atoms with Crippen LogP contribution in [0.15, 0.2) is 48.5 Å². The average Bonchev–Trinajstić information content (AvgIpc) is 2.61. The highest BCUT2D eigenvalue weighted by molar-refractivity contribution is 5.88. The molecule has 4 heteroatoms. The van der Waals surface area contributed by atoms with Gasteiger partial charge in [0, 0.05) is 5.56 Å². The summed E-state index contributed by atoms with van der Waals surface area (Å²) < 4.78 is 5.21. The fourth-order valence-electron chi connectivity index (χ4n) is 2.72. The normalized spacial score (nSPS) is 13.9. The van der Waals surface area contributed by atoms with Crippen molar-refractivity contribution in [2.75, 3.05) is 7.11 Å². The molecule has 1 aliphatic rings. The maximum Gasteiger partial charge on any atom is 0.335 e. The van der Waals surface area contributed by atoms with E-state index in [4.69, 9.17) is 9.84 Å². The van der Waals surface area contributed by atoms with Crippen molar-refractivity contribution in [2.24, 2.45) is 0 Å². The molecule has 3 rings (SSSR count). The molecule has 0 unspecified atom stereocenters. The summed E-state index contributed by atoms with van der Waals surface area (Å²) in [5.74, 6) is -0.0476. The third kappa shape index (κ3) is 4.57. The lowest BCUT2D eigenvalue weighted by molar-refractivity contribution is 0.0696. The summed E-state index contributed by atoms with van der Waals surface area (Å²) >= 11 is 0. The monoisotopic (exact) mass is 338 g/mol. The van der Waals surface area contributed by atoms with Crippen LogP contribution in [-0.4, -0.2) is 24.5 Å². The summed E-state index contributed by atoms with van der Waals surface area (Å²) in [5.41, 5.74) is 3.64. The number of fused-ring (bicyclic) bond motifs is 1. The van der Waals surface area contributed by atoms with Crippen LogP contribution in [0.5, 0.6) is 5.75 Å². The predicted molar refractivity (Wildman–Crippen MR) is 98.5 cm³/mol. The Bertz CT molecular complexity index is 786. The van der Waals surface area contributed by atoms with Crippen LogP contribution in [0.2, 0.25) is 0 Å². The van der Waals surface area contributed by atoms with Crippen LogP contribution >= 0.6 is 0 Å². The van der Waals surface area contributed by atoms with Gasteiger partial charge in [-0.05, 0) is 47.2 Å². The van der Waals surface area contributed by atoms with Crippen molar-refractivity contribution in [3.63, 3.8) is 0 Å².